The van der Waals surface area contributed by atoms with Gasteiger partial charge in [0.15, 0.2) is 0 Å². The average Bonchev–Trinajstić information content (AvgIpc) is 3.30. The summed E-state index contributed by atoms with van der Waals surface area (Å²) in [5, 5.41) is 15.6. The van der Waals surface area contributed by atoms with E-state index in [0.29, 0.717) is 17.8 Å². The number of benzene rings is 2. The van der Waals surface area contributed by atoms with Crippen molar-refractivity contribution in [3.63, 3.8) is 0 Å². The Bertz CT molecular complexity index is 915. The zero-order chi connectivity index (χ0) is 16.4. The first-order chi connectivity index (χ1) is 11.8. The van der Waals surface area contributed by atoms with Gasteiger partial charge in [-0.1, -0.05) is 41.6 Å². The molecule has 122 valence electrons. The van der Waals surface area contributed by atoms with Crippen LogP contribution in [-0.2, 0) is 0 Å². The van der Waals surface area contributed by atoms with Gasteiger partial charge in [0, 0.05) is 33.7 Å². The van der Waals surface area contributed by atoms with E-state index in [1.807, 2.05) is 18.2 Å². The van der Waals surface area contributed by atoms with Gasteiger partial charge in [0.05, 0.1) is 19.9 Å². The SMILES string of the molecule is COc1c2c(c(OC)c3ccccc13)[C@@H]1[C@H](/C2=N\O)[C@@H]2C=C[C@H]1C2. The van der Waals surface area contributed by atoms with E-state index >= 15 is 0 Å². The zero-order valence-corrected chi connectivity index (χ0v) is 13.7. The van der Waals surface area contributed by atoms with Crippen molar-refractivity contribution in [3.05, 3.63) is 47.5 Å². The van der Waals surface area contributed by atoms with E-state index in [1.165, 1.54) is 0 Å². The van der Waals surface area contributed by atoms with Crippen LogP contribution in [0.15, 0.2) is 41.6 Å². The summed E-state index contributed by atoms with van der Waals surface area (Å²) in [4.78, 5) is 0. The highest BCUT2D eigenvalue weighted by atomic mass is 16.5. The molecule has 4 heteroatoms. The maximum atomic E-state index is 9.81. The van der Waals surface area contributed by atoms with Gasteiger partial charge >= 0.3 is 0 Å². The van der Waals surface area contributed by atoms with Crippen molar-refractivity contribution in [3.8, 4) is 11.5 Å². The maximum absolute atomic E-state index is 9.81. The second-order valence-corrected chi connectivity index (χ2v) is 6.89. The number of nitrogens with zero attached hydrogens (tertiary/aromatic N) is 1. The predicted molar refractivity (Wildman–Crippen MR) is 92.3 cm³/mol. The molecular weight excluding hydrogens is 302 g/mol. The van der Waals surface area contributed by atoms with Gasteiger partial charge in [-0.15, -0.1) is 0 Å². The summed E-state index contributed by atoms with van der Waals surface area (Å²) in [5.74, 6) is 3.15. The third-order valence-electron chi connectivity index (χ3n) is 6.04. The van der Waals surface area contributed by atoms with Crippen LogP contribution in [0.25, 0.3) is 10.8 Å². The second kappa shape index (κ2) is 4.76. The summed E-state index contributed by atoms with van der Waals surface area (Å²) in [7, 11) is 3.41. The Morgan fingerprint density at radius 2 is 1.58 bits per heavy atom. The molecule has 2 aromatic carbocycles. The molecule has 0 radical (unpaired) electrons. The summed E-state index contributed by atoms with van der Waals surface area (Å²) in [6.45, 7) is 0. The van der Waals surface area contributed by atoms with Crippen LogP contribution in [0.4, 0.5) is 0 Å². The Morgan fingerprint density at radius 1 is 0.958 bits per heavy atom. The van der Waals surface area contributed by atoms with Gasteiger partial charge in [-0.3, -0.25) is 0 Å². The molecule has 1 N–H and O–H groups in total. The van der Waals surface area contributed by atoms with E-state index in [9.17, 15) is 5.21 Å². The number of hydrogen-bond acceptors (Lipinski definition) is 4. The van der Waals surface area contributed by atoms with Crippen LogP contribution in [0.3, 0.4) is 0 Å². The maximum Gasteiger partial charge on any atom is 0.136 e. The van der Waals surface area contributed by atoms with Gasteiger partial charge in [-0.25, -0.2) is 0 Å². The minimum atomic E-state index is 0.222. The summed E-state index contributed by atoms with van der Waals surface area (Å²) < 4.78 is 11.7. The molecule has 1 saturated carbocycles. The summed E-state index contributed by atoms with van der Waals surface area (Å²) >= 11 is 0. The molecule has 4 nitrogen and oxygen atoms in total. The lowest BCUT2D eigenvalue weighted by molar-refractivity contribution is 0.313. The Balaban J connectivity index is 1.93. The predicted octanol–water partition coefficient (Wildman–Crippen LogP) is 3.95. The van der Waals surface area contributed by atoms with Crippen molar-refractivity contribution < 1.29 is 14.7 Å². The van der Waals surface area contributed by atoms with E-state index < -0.39 is 0 Å². The first-order valence-electron chi connectivity index (χ1n) is 8.37. The Labute approximate surface area is 140 Å². The van der Waals surface area contributed by atoms with E-state index in [0.717, 1.165) is 45.5 Å². The van der Waals surface area contributed by atoms with Gasteiger partial charge < -0.3 is 14.7 Å². The fraction of sp³-hybridized carbons (Fsp3) is 0.350. The molecule has 0 aromatic heterocycles. The quantitative estimate of drug-likeness (QED) is 0.517. The molecule has 3 aliphatic carbocycles. The van der Waals surface area contributed by atoms with Crippen molar-refractivity contribution in [2.45, 2.75) is 12.3 Å². The van der Waals surface area contributed by atoms with Crippen molar-refractivity contribution in [1.29, 1.82) is 0 Å². The minimum absolute atomic E-state index is 0.222. The first kappa shape index (κ1) is 13.9. The van der Waals surface area contributed by atoms with E-state index in [-0.39, 0.29) is 5.92 Å². The highest BCUT2D eigenvalue weighted by molar-refractivity contribution is 6.15. The molecule has 0 aliphatic heterocycles. The fourth-order valence-corrected chi connectivity index (χ4v) is 5.27. The summed E-state index contributed by atoms with van der Waals surface area (Å²) in [5.41, 5.74) is 2.85. The standard InChI is InChI=1S/C20H19NO3/c1-23-19-12-5-3-4-6-13(12)20(24-2)17-16(19)14-10-7-8-11(9-10)15(14)18(17)21-22/h3-8,10-11,14-15,22H,9H2,1-2H3/b21-18+/t10-,11+,14-,15+/m0/s1. The number of rotatable bonds is 2. The lowest BCUT2D eigenvalue weighted by Gasteiger charge is -2.22. The van der Waals surface area contributed by atoms with Gasteiger partial charge in [-0.2, -0.15) is 0 Å². The molecule has 0 amide bonds. The van der Waals surface area contributed by atoms with Crippen molar-refractivity contribution in [1.82, 2.24) is 0 Å². The first-order valence-corrected chi connectivity index (χ1v) is 8.37. The van der Waals surface area contributed by atoms with Gasteiger partial charge in [0.1, 0.15) is 11.5 Å². The fourth-order valence-electron chi connectivity index (χ4n) is 5.27. The monoisotopic (exact) mass is 321 g/mol. The second-order valence-electron chi connectivity index (χ2n) is 6.89. The molecule has 0 unspecified atom stereocenters. The largest absolute Gasteiger partial charge is 0.496 e. The third-order valence-corrected chi connectivity index (χ3v) is 6.04. The van der Waals surface area contributed by atoms with E-state index in [4.69, 9.17) is 9.47 Å². The number of methoxy groups -OCH3 is 2. The molecule has 3 aliphatic rings. The number of allylic oxidation sites excluding steroid dienone is 2. The molecule has 0 spiro atoms. The molecule has 0 heterocycles. The third kappa shape index (κ3) is 1.47. The zero-order valence-electron chi connectivity index (χ0n) is 13.7. The van der Waals surface area contributed by atoms with Crippen LogP contribution >= 0.6 is 0 Å². The van der Waals surface area contributed by atoms with Gasteiger partial charge in [0.2, 0.25) is 0 Å². The minimum Gasteiger partial charge on any atom is -0.496 e. The van der Waals surface area contributed by atoms with E-state index in [2.05, 4.69) is 23.4 Å². The molecule has 5 rings (SSSR count). The lowest BCUT2D eigenvalue weighted by atomic mass is 9.82. The number of hydrogen-bond donors (Lipinski definition) is 1. The Hall–Kier alpha value is -2.49. The molecule has 2 bridgehead atoms. The summed E-state index contributed by atoms with van der Waals surface area (Å²) in [6, 6.07) is 8.12. The van der Waals surface area contributed by atoms with Crippen LogP contribution in [-0.4, -0.2) is 25.1 Å². The molecular formula is C20H19NO3. The molecule has 0 saturated heterocycles. The van der Waals surface area contributed by atoms with Crippen LogP contribution < -0.4 is 9.47 Å². The van der Waals surface area contributed by atoms with Crippen molar-refractivity contribution >= 4 is 16.5 Å². The van der Waals surface area contributed by atoms with Crippen molar-refractivity contribution in [2.75, 3.05) is 14.2 Å². The number of ether oxygens (including phenoxy) is 2. The normalized spacial score (nSPS) is 30.8. The van der Waals surface area contributed by atoms with Gasteiger partial charge in [-0.05, 0) is 18.3 Å². The van der Waals surface area contributed by atoms with Crippen molar-refractivity contribution in [2.24, 2.45) is 22.9 Å². The highest BCUT2D eigenvalue weighted by Crippen LogP contribution is 2.63. The molecule has 1 fully saturated rings. The van der Waals surface area contributed by atoms with Crippen LogP contribution in [0.1, 0.15) is 23.5 Å². The number of oxime groups is 1. The molecule has 2 aromatic rings. The Kier molecular flexibility index (Phi) is 2.76. The van der Waals surface area contributed by atoms with Crippen LogP contribution in [0.5, 0.6) is 11.5 Å². The van der Waals surface area contributed by atoms with Crippen LogP contribution in [0, 0.1) is 17.8 Å². The smallest absolute Gasteiger partial charge is 0.136 e. The van der Waals surface area contributed by atoms with Gasteiger partial charge in [0.25, 0.3) is 0 Å². The molecule has 4 atom stereocenters. The van der Waals surface area contributed by atoms with Crippen LogP contribution in [0.2, 0.25) is 0 Å². The highest BCUT2D eigenvalue weighted by Gasteiger charge is 2.55. The average molecular weight is 321 g/mol. The number of fused-ring (bicyclic) bond motifs is 8. The lowest BCUT2D eigenvalue weighted by Crippen LogP contribution is -2.19. The topological polar surface area (TPSA) is 51.0 Å². The Morgan fingerprint density at radius 3 is 2.21 bits per heavy atom. The summed E-state index contributed by atoms with van der Waals surface area (Å²) in [6.07, 6.45) is 5.73. The van der Waals surface area contributed by atoms with E-state index in [1.54, 1.807) is 14.2 Å². The molecule has 24 heavy (non-hydrogen) atoms.